The predicted molar refractivity (Wildman–Crippen MR) is 80.1 cm³/mol. The highest BCUT2D eigenvalue weighted by atomic mass is 35.5. The quantitative estimate of drug-likeness (QED) is 0.692. The summed E-state index contributed by atoms with van der Waals surface area (Å²) < 4.78 is 5.38. The Morgan fingerprint density at radius 1 is 1.48 bits per heavy atom. The molecule has 2 aliphatic rings. The maximum Gasteiger partial charge on any atom is 0.323 e. The monoisotopic (exact) mass is 310 g/mol. The van der Waals surface area contributed by atoms with Crippen molar-refractivity contribution in [1.82, 2.24) is 5.32 Å². The third-order valence-electron chi connectivity index (χ3n) is 3.80. The van der Waals surface area contributed by atoms with Crippen molar-refractivity contribution in [3.05, 3.63) is 28.8 Å². The molecule has 2 heterocycles. The molecule has 114 valence electrons. The Kier molecular flexibility index (Phi) is 3.20. The molecule has 1 aromatic rings. The van der Waals surface area contributed by atoms with Gasteiger partial charge in [0.1, 0.15) is 23.4 Å². The van der Waals surface area contributed by atoms with Gasteiger partial charge in [0.15, 0.2) is 0 Å². The second kappa shape index (κ2) is 4.60. The van der Waals surface area contributed by atoms with Gasteiger partial charge in [0, 0.05) is 22.7 Å². The Hall–Kier alpha value is -1.30. The number of aliphatic hydroxyl groups is 1. The van der Waals surface area contributed by atoms with E-state index in [4.69, 9.17) is 16.3 Å². The summed E-state index contributed by atoms with van der Waals surface area (Å²) in [6.45, 7) is 5.47. The lowest BCUT2D eigenvalue weighted by molar-refractivity contribution is -0.157. The van der Waals surface area contributed by atoms with Crippen LogP contribution in [0.1, 0.15) is 32.8 Å². The van der Waals surface area contributed by atoms with Crippen LogP contribution < -0.4 is 10.6 Å². The van der Waals surface area contributed by atoms with Crippen molar-refractivity contribution in [3.8, 4) is 0 Å². The number of fused-ring (bicyclic) bond motifs is 3. The van der Waals surface area contributed by atoms with Gasteiger partial charge in [-0.2, -0.15) is 0 Å². The van der Waals surface area contributed by atoms with E-state index >= 15 is 0 Å². The lowest BCUT2D eigenvalue weighted by atomic mass is 9.91. The average molecular weight is 311 g/mol. The fourth-order valence-electron chi connectivity index (χ4n) is 2.95. The largest absolute Gasteiger partial charge is 0.459 e. The number of carbonyl (C=O) groups is 1. The number of halogens is 1. The number of hydrogen-bond acceptors (Lipinski definition) is 5. The Balaban J connectivity index is 1.82. The third kappa shape index (κ3) is 2.50. The molecule has 6 heteroatoms. The van der Waals surface area contributed by atoms with E-state index in [1.165, 1.54) is 0 Å². The molecule has 0 bridgehead atoms. The molecule has 1 aromatic carbocycles. The molecule has 21 heavy (non-hydrogen) atoms. The van der Waals surface area contributed by atoms with Crippen molar-refractivity contribution in [2.45, 2.75) is 50.6 Å². The molecule has 0 spiro atoms. The van der Waals surface area contributed by atoms with E-state index in [9.17, 15) is 9.90 Å². The minimum Gasteiger partial charge on any atom is -0.459 e. The van der Waals surface area contributed by atoms with Gasteiger partial charge in [-0.1, -0.05) is 17.7 Å². The Morgan fingerprint density at radius 3 is 2.86 bits per heavy atom. The highest BCUT2D eigenvalue weighted by Crippen LogP contribution is 2.46. The van der Waals surface area contributed by atoms with Gasteiger partial charge in [-0.15, -0.1) is 0 Å². The molecule has 3 rings (SSSR count). The van der Waals surface area contributed by atoms with Crippen molar-refractivity contribution in [1.29, 1.82) is 0 Å². The van der Waals surface area contributed by atoms with Gasteiger partial charge in [-0.3, -0.25) is 10.1 Å². The second-order valence-electron chi connectivity index (χ2n) is 6.65. The lowest BCUT2D eigenvalue weighted by Gasteiger charge is -2.23. The standard InChI is InChI=1S/C15H19ClN2O3/c1-14(2,3)21-12(19)11-7-15(20)9-5-4-8(16)6-10(9)17-13(15)18-11/h4-6,11,13,17-18,20H,7H2,1-3H3/t11-,13-,15+/m0/s1. The van der Waals surface area contributed by atoms with Gasteiger partial charge >= 0.3 is 5.97 Å². The van der Waals surface area contributed by atoms with E-state index in [1.54, 1.807) is 18.2 Å². The minimum absolute atomic E-state index is 0.272. The van der Waals surface area contributed by atoms with Crippen LogP contribution in [0.25, 0.3) is 0 Å². The van der Waals surface area contributed by atoms with Gasteiger partial charge < -0.3 is 15.2 Å². The van der Waals surface area contributed by atoms with Gasteiger partial charge in [0.2, 0.25) is 0 Å². The molecule has 0 radical (unpaired) electrons. The Bertz CT molecular complexity index is 599. The van der Waals surface area contributed by atoms with Crippen molar-refractivity contribution in [3.63, 3.8) is 0 Å². The zero-order valence-corrected chi connectivity index (χ0v) is 13.0. The fraction of sp³-hybridized carbons (Fsp3) is 0.533. The number of esters is 1. The number of benzene rings is 1. The summed E-state index contributed by atoms with van der Waals surface area (Å²) >= 11 is 5.96. The summed E-state index contributed by atoms with van der Waals surface area (Å²) in [4.78, 5) is 12.2. The first-order chi connectivity index (χ1) is 9.69. The lowest BCUT2D eigenvalue weighted by Crippen LogP contribution is -2.44. The molecule has 2 aliphatic heterocycles. The zero-order valence-electron chi connectivity index (χ0n) is 12.2. The first kappa shape index (κ1) is 14.6. The first-order valence-corrected chi connectivity index (χ1v) is 7.35. The molecular weight excluding hydrogens is 292 g/mol. The van der Waals surface area contributed by atoms with Crippen LogP contribution in [0.2, 0.25) is 5.02 Å². The van der Waals surface area contributed by atoms with Gasteiger partial charge in [0.05, 0.1) is 0 Å². The van der Waals surface area contributed by atoms with Crippen molar-refractivity contribution in [2.24, 2.45) is 0 Å². The van der Waals surface area contributed by atoms with Gasteiger partial charge in [-0.25, -0.2) is 0 Å². The van der Waals surface area contributed by atoms with E-state index in [1.807, 2.05) is 20.8 Å². The van der Waals surface area contributed by atoms with E-state index < -0.39 is 23.4 Å². The second-order valence-corrected chi connectivity index (χ2v) is 7.08. The SMILES string of the molecule is CC(C)(C)OC(=O)[C@@H]1C[C@@]2(O)c3ccc(Cl)cc3N[C@H]2N1. The number of anilines is 1. The highest BCUT2D eigenvalue weighted by Gasteiger charge is 2.54. The number of carbonyl (C=O) groups excluding carboxylic acids is 1. The van der Waals surface area contributed by atoms with Crippen molar-refractivity contribution in [2.75, 3.05) is 5.32 Å². The Morgan fingerprint density at radius 2 is 2.19 bits per heavy atom. The Labute approximate surface area is 128 Å². The summed E-state index contributed by atoms with van der Waals surface area (Å²) in [6.07, 6.45) is -0.141. The zero-order chi connectivity index (χ0) is 15.4. The van der Waals surface area contributed by atoms with E-state index in [2.05, 4.69) is 10.6 Å². The molecule has 0 aromatic heterocycles. The predicted octanol–water partition coefficient (Wildman–Crippen LogP) is 1.98. The summed E-state index contributed by atoms with van der Waals surface area (Å²) in [7, 11) is 0. The smallest absolute Gasteiger partial charge is 0.323 e. The van der Waals surface area contributed by atoms with Crippen LogP contribution >= 0.6 is 11.6 Å². The van der Waals surface area contributed by atoms with Crippen molar-refractivity contribution < 1.29 is 14.6 Å². The number of hydrogen-bond donors (Lipinski definition) is 3. The fourth-order valence-corrected chi connectivity index (χ4v) is 3.12. The summed E-state index contributed by atoms with van der Waals surface area (Å²) in [5.41, 5.74) is -0.111. The summed E-state index contributed by atoms with van der Waals surface area (Å²) in [5.74, 6) is -0.345. The molecule has 0 aliphatic carbocycles. The van der Waals surface area contributed by atoms with Crippen molar-refractivity contribution >= 4 is 23.3 Å². The van der Waals surface area contributed by atoms with E-state index in [0.717, 1.165) is 11.3 Å². The van der Waals surface area contributed by atoms with Gasteiger partial charge in [0.25, 0.3) is 0 Å². The number of nitrogens with one attached hydrogen (secondary N) is 2. The van der Waals surface area contributed by atoms with E-state index in [0.29, 0.717) is 5.02 Å². The average Bonchev–Trinajstić information content (AvgIpc) is 2.77. The molecule has 5 nitrogen and oxygen atoms in total. The van der Waals surface area contributed by atoms with Gasteiger partial charge in [-0.05, 0) is 32.9 Å². The first-order valence-electron chi connectivity index (χ1n) is 6.97. The number of rotatable bonds is 1. The maximum atomic E-state index is 12.2. The van der Waals surface area contributed by atoms with E-state index in [-0.39, 0.29) is 12.4 Å². The molecule has 1 fully saturated rings. The van der Waals surface area contributed by atoms with Crippen LogP contribution in [-0.4, -0.2) is 28.9 Å². The van der Waals surface area contributed by atoms with Crippen LogP contribution in [0.5, 0.6) is 0 Å². The highest BCUT2D eigenvalue weighted by molar-refractivity contribution is 6.30. The minimum atomic E-state index is -1.12. The van der Waals surface area contributed by atoms with Crippen LogP contribution in [-0.2, 0) is 15.1 Å². The topological polar surface area (TPSA) is 70.6 Å². The van der Waals surface area contributed by atoms with Crippen LogP contribution in [0.4, 0.5) is 5.69 Å². The normalized spacial score (nSPS) is 30.5. The molecule has 1 saturated heterocycles. The van der Waals surface area contributed by atoms with Crippen LogP contribution in [0.3, 0.4) is 0 Å². The molecule has 3 N–H and O–H groups in total. The summed E-state index contributed by atoms with van der Waals surface area (Å²) in [5, 5.41) is 17.8. The number of ether oxygens (including phenoxy) is 1. The van der Waals surface area contributed by atoms with Crippen LogP contribution in [0.15, 0.2) is 18.2 Å². The summed E-state index contributed by atoms with van der Waals surface area (Å²) in [6, 6.07) is 4.78. The third-order valence-corrected chi connectivity index (χ3v) is 4.03. The molecule has 0 amide bonds. The van der Waals surface area contributed by atoms with Crippen LogP contribution in [0, 0.1) is 0 Å². The molecule has 3 atom stereocenters. The molecule has 0 unspecified atom stereocenters. The molecule has 0 saturated carbocycles. The maximum absolute atomic E-state index is 12.2. The molecular formula is C15H19ClN2O3.